The second kappa shape index (κ2) is 6.17. The number of carbonyl (C=O) groups is 2. The van der Waals surface area contributed by atoms with Gasteiger partial charge in [-0.05, 0) is 30.5 Å². The molecule has 0 saturated heterocycles. The second-order valence-corrected chi connectivity index (χ2v) is 4.73. The monoisotopic (exact) mass is 268 g/mol. The minimum atomic E-state index is -1.13. The van der Waals surface area contributed by atoms with Gasteiger partial charge in [-0.1, -0.05) is 13.8 Å². The van der Waals surface area contributed by atoms with Crippen molar-refractivity contribution in [3.8, 4) is 0 Å². The molecule has 1 aromatic rings. The lowest BCUT2D eigenvalue weighted by molar-refractivity contribution is -0.139. The Bertz CT molecular complexity index is 489. The van der Waals surface area contributed by atoms with Crippen molar-refractivity contribution in [2.24, 2.45) is 5.92 Å². The number of benzene rings is 1. The number of carbonyl (C=O) groups excluding carboxylic acids is 1. The molecule has 19 heavy (non-hydrogen) atoms. The van der Waals surface area contributed by atoms with Gasteiger partial charge in [-0.15, -0.1) is 0 Å². The van der Waals surface area contributed by atoms with Gasteiger partial charge in [-0.3, -0.25) is 4.79 Å². The van der Waals surface area contributed by atoms with Crippen LogP contribution >= 0.6 is 0 Å². The lowest BCUT2D eigenvalue weighted by atomic mass is 10.0. The zero-order valence-electron chi connectivity index (χ0n) is 10.8. The Kier molecular flexibility index (Phi) is 4.86. The summed E-state index contributed by atoms with van der Waals surface area (Å²) in [7, 11) is 0. The van der Waals surface area contributed by atoms with E-state index in [9.17, 15) is 14.0 Å². The molecule has 104 valence electrons. The number of halogens is 1. The molecule has 0 aromatic heterocycles. The minimum Gasteiger partial charge on any atom is -0.480 e. The third-order valence-electron chi connectivity index (χ3n) is 2.57. The summed E-state index contributed by atoms with van der Waals surface area (Å²) in [5.41, 5.74) is 5.61. The summed E-state index contributed by atoms with van der Waals surface area (Å²) in [6, 6.07) is 2.37. The Morgan fingerprint density at radius 3 is 2.58 bits per heavy atom. The molecule has 0 unspecified atom stereocenters. The predicted octanol–water partition coefficient (Wildman–Crippen LogP) is 1.64. The van der Waals surface area contributed by atoms with Gasteiger partial charge in [0.2, 0.25) is 0 Å². The molecule has 0 spiro atoms. The van der Waals surface area contributed by atoms with Crippen molar-refractivity contribution in [2.45, 2.75) is 26.3 Å². The summed E-state index contributed by atoms with van der Waals surface area (Å²) in [5.74, 6) is -2.32. The molecule has 1 atom stereocenters. The summed E-state index contributed by atoms with van der Waals surface area (Å²) in [6.07, 6.45) is 0.288. The van der Waals surface area contributed by atoms with Crippen LogP contribution in [0.3, 0.4) is 0 Å². The molecule has 0 heterocycles. The van der Waals surface area contributed by atoms with Crippen molar-refractivity contribution in [3.63, 3.8) is 0 Å². The van der Waals surface area contributed by atoms with Crippen molar-refractivity contribution < 1.29 is 19.1 Å². The number of rotatable bonds is 5. The van der Waals surface area contributed by atoms with Crippen LogP contribution in [-0.2, 0) is 4.79 Å². The smallest absolute Gasteiger partial charge is 0.326 e. The highest BCUT2D eigenvalue weighted by atomic mass is 19.1. The van der Waals surface area contributed by atoms with E-state index in [4.69, 9.17) is 10.8 Å². The fourth-order valence-corrected chi connectivity index (χ4v) is 1.65. The minimum absolute atomic E-state index is 0.0602. The molecule has 1 rings (SSSR count). The van der Waals surface area contributed by atoms with Crippen LogP contribution < -0.4 is 11.1 Å². The molecule has 6 heteroatoms. The first kappa shape index (κ1) is 14.9. The number of aliphatic carboxylic acids is 1. The number of hydrogen-bond acceptors (Lipinski definition) is 3. The van der Waals surface area contributed by atoms with E-state index in [1.54, 1.807) is 0 Å². The van der Waals surface area contributed by atoms with E-state index in [2.05, 4.69) is 5.32 Å². The maximum Gasteiger partial charge on any atom is 0.326 e. The normalized spacial score (nSPS) is 12.2. The van der Waals surface area contributed by atoms with Crippen molar-refractivity contribution in [3.05, 3.63) is 29.6 Å². The quantitative estimate of drug-likeness (QED) is 0.708. The Balaban J connectivity index is 2.87. The van der Waals surface area contributed by atoms with E-state index >= 15 is 0 Å². The molecule has 1 aromatic carbocycles. The SMILES string of the molecule is CC(C)C[C@@H](NC(=O)c1cc(F)ccc1N)C(=O)O. The molecule has 4 N–H and O–H groups in total. The highest BCUT2D eigenvalue weighted by Crippen LogP contribution is 2.14. The van der Waals surface area contributed by atoms with Crippen LogP contribution in [0.5, 0.6) is 0 Å². The molecule has 0 aliphatic heterocycles. The lowest BCUT2D eigenvalue weighted by Gasteiger charge is -2.17. The number of nitrogens with one attached hydrogen (secondary N) is 1. The Morgan fingerprint density at radius 2 is 2.05 bits per heavy atom. The molecule has 0 aliphatic carbocycles. The largest absolute Gasteiger partial charge is 0.480 e. The number of nitrogens with two attached hydrogens (primary N) is 1. The molecule has 0 radical (unpaired) electrons. The number of carboxylic acids is 1. The standard InChI is InChI=1S/C13H17FN2O3/c1-7(2)5-11(13(18)19)16-12(17)9-6-8(14)3-4-10(9)15/h3-4,6-7,11H,5,15H2,1-2H3,(H,16,17)(H,18,19)/t11-/m1/s1. The first-order valence-electron chi connectivity index (χ1n) is 5.90. The number of hydrogen-bond donors (Lipinski definition) is 3. The summed E-state index contributed by atoms with van der Waals surface area (Å²) in [6.45, 7) is 3.69. The van der Waals surface area contributed by atoms with Gasteiger partial charge in [0.05, 0.1) is 5.56 Å². The van der Waals surface area contributed by atoms with Gasteiger partial charge < -0.3 is 16.2 Å². The maximum atomic E-state index is 13.1. The van der Waals surface area contributed by atoms with Crippen LogP contribution in [-0.4, -0.2) is 23.0 Å². The number of anilines is 1. The van der Waals surface area contributed by atoms with Gasteiger partial charge in [-0.25, -0.2) is 9.18 Å². The van der Waals surface area contributed by atoms with E-state index in [0.29, 0.717) is 0 Å². The van der Waals surface area contributed by atoms with E-state index in [1.165, 1.54) is 6.07 Å². The van der Waals surface area contributed by atoms with Crippen molar-refractivity contribution in [2.75, 3.05) is 5.73 Å². The van der Waals surface area contributed by atoms with Crippen molar-refractivity contribution in [1.29, 1.82) is 0 Å². The fourth-order valence-electron chi connectivity index (χ4n) is 1.65. The average Bonchev–Trinajstić information content (AvgIpc) is 2.30. The summed E-state index contributed by atoms with van der Waals surface area (Å²) < 4.78 is 13.1. The number of carboxylic acid groups (broad SMARTS) is 1. The van der Waals surface area contributed by atoms with E-state index in [0.717, 1.165) is 12.1 Å². The third-order valence-corrected chi connectivity index (χ3v) is 2.57. The van der Waals surface area contributed by atoms with Gasteiger partial charge in [0.1, 0.15) is 11.9 Å². The van der Waals surface area contributed by atoms with Crippen LogP contribution in [0.2, 0.25) is 0 Å². The lowest BCUT2D eigenvalue weighted by Crippen LogP contribution is -2.41. The van der Waals surface area contributed by atoms with Gasteiger partial charge in [0.15, 0.2) is 0 Å². The van der Waals surface area contributed by atoms with Gasteiger partial charge in [0, 0.05) is 5.69 Å². The van der Waals surface area contributed by atoms with Gasteiger partial charge in [0.25, 0.3) is 5.91 Å². The molecule has 0 fully saturated rings. The number of amides is 1. The van der Waals surface area contributed by atoms with E-state index < -0.39 is 23.7 Å². The number of nitrogen functional groups attached to an aromatic ring is 1. The first-order valence-corrected chi connectivity index (χ1v) is 5.90. The molecule has 1 amide bonds. The van der Waals surface area contributed by atoms with E-state index in [-0.39, 0.29) is 23.6 Å². The first-order chi connectivity index (χ1) is 8.81. The predicted molar refractivity (Wildman–Crippen MR) is 69.2 cm³/mol. The van der Waals surface area contributed by atoms with Crippen LogP contribution in [0, 0.1) is 11.7 Å². The third kappa shape index (κ3) is 4.24. The average molecular weight is 268 g/mol. The highest BCUT2D eigenvalue weighted by Gasteiger charge is 2.22. The van der Waals surface area contributed by atoms with Gasteiger partial charge >= 0.3 is 5.97 Å². The zero-order valence-corrected chi connectivity index (χ0v) is 10.8. The summed E-state index contributed by atoms with van der Waals surface area (Å²) >= 11 is 0. The van der Waals surface area contributed by atoms with Crippen molar-refractivity contribution >= 4 is 17.6 Å². The van der Waals surface area contributed by atoms with E-state index in [1.807, 2.05) is 13.8 Å². The maximum absolute atomic E-state index is 13.1. The molecule has 0 aliphatic rings. The molecular formula is C13H17FN2O3. The Labute approximate surface area is 110 Å². The highest BCUT2D eigenvalue weighted by molar-refractivity contribution is 6.00. The molecular weight excluding hydrogens is 251 g/mol. The molecule has 5 nitrogen and oxygen atoms in total. The fraction of sp³-hybridized carbons (Fsp3) is 0.385. The van der Waals surface area contributed by atoms with Crippen LogP contribution in [0.25, 0.3) is 0 Å². The molecule has 0 saturated carbocycles. The van der Waals surface area contributed by atoms with Crippen LogP contribution in [0.4, 0.5) is 10.1 Å². The zero-order chi connectivity index (χ0) is 14.6. The van der Waals surface area contributed by atoms with Crippen LogP contribution in [0.15, 0.2) is 18.2 Å². The van der Waals surface area contributed by atoms with Crippen molar-refractivity contribution in [1.82, 2.24) is 5.32 Å². The Morgan fingerprint density at radius 1 is 1.42 bits per heavy atom. The van der Waals surface area contributed by atoms with Crippen LogP contribution in [0.1, 0.15) is 30.6 Å². The molecule has 0 bridgehead atoms. The topological polar surface area (TPSA) is 92.4 Å². The summed E-state index contributed by atoms with van der Waals surface area (Å²) in [5, 5.41) is 11.4. The summed E-state index contributed by atoms with van der Waals surface area (Å²) in [4.78, 5) is 22.9. The Hall–Kier alpha value is -2.11. The second-order valence-electron chi connectivity index (χ2n) is 4.73. The van der Waals surface area contributed by atoms with Gasteiger partial charge in [-0.2, -0.15) is 0 Å².